The first-order valence-electron chi connectivity index (χ1n) is 12.9. The number of fused-ring (bicyclic) bond motifs is 2. The van der Waals surface area contributed by atoms with Gasteiger partial charge in [-0.1, -0.05) is 11.8 Å². The van der Waals surface area contributed by atoms with Gasteiger partial charge in [-0.25, -0.2) is 24.6 Å². The number of hydrogen-bond acceptors (Lipinski definition) is 10. The zero-order valence-corrected chi connectivity index (χ0v) is 22.5. The summed E-state index contributed by atoms with van der Waals surface area (Å²) in [6, 6.07) is 11.5. The number of aryl methyl sites for hydroxylation is 2. The average Bonchev–Trinajstić information content (AvgIpc) is 3.34. The fraction of sp³-hybridized carbons (Fsp3) is 0.250. The Kier molecular flexibility index (Phi) is 6.42. The molecule has 1 aliphatic rings. The van der Waals surface area contributed by atoms with Crippen molar-refractivity contribution in [1.29, 1.82) is 0 Å². The van der Waals surface area contributed by atoms with E-state index in [4.69, 9.17) is 9.72 Å². The molecule has 0 spiro atoms. The molecule has 202 valence electrons. The van der Waals surface area contributed by atoms with Crippen molar-refractivity contribution in [2.45, 2.75) is 13.8 Å². The molecule has 4 heterocycles. The van der Waals surface area contributed by atoms with E-state index in [9.17, 15) is 4.79 Å². The van der Waals surface area contributed by atoms with Gasteiger partial charge in [-0.2, -0.15) is 0 Å². The van der Waals surface area contributed by atoms with E-state index < -0.39 is 0 Å². The topological polar surface area (TPSA) is 127 Å². The van der Waals surface area contributed by atoms with Crippen LogP contribution >= 0.6 is 0 Å². The first-order chi connectivity index (χ1) is 19.4. The highest BCUT2D eigenvalue weighted by Crippen LogP contribution is 2.31. The summed E-state index contributed by atoms with van der Waals surface area (Å²) in [5.74, 6) is 2.55. The van der Waals surface area contributed by atoms with Gasteiger partial charge in [-0.05, 0) is 49.7 Å². The van der Waals surface area contributed by atoms with Crippen LogP contribution in [0.5, 0.6) is 11.5 Å². The maximum Gasteiger partial charge on any atom is 0.249 e. The molecular formula is C28H28N10O2. The first-order valence-corrected chi connectivity index (χ1v) is 12.9. The lowest BCUT2D eigenvalue weighted by Crippen LogP contribution is -2.49. The maximum absolute atomic E-state index is 12.3. The van der Waals surface area contributed by atoms with Gasteiger partial charge in [0.25, 0.3) is 0 Å². The molecule has 40 heavy (non-hydrogen) atoms. The highest BCUT2D eigenvalue weighted by molar-refractivity contribution is 5.92. The molecule has 0 radical (unpaired) electrons. The number of nitrogens with zero attached hydrogens (tertiary/aromatic N) is 9. The van der Waals surface area contributed by atoms with E-state index in [0.29, 0.717) is 60.3 Å². The van der Waals surface area contributed by atoms with Crippen LogP contribution in [0.15, 0.2) is 61.1 Å². The summed E-state index contributed by atoms with van der Waals surface area (Å²) in [5, 5.41) is 11.6. The van der Waals surface area contributed by atoms with Crippen molar-refractivity contribution in [1.82, 2.24) is 39.8 Å². The van der Waals surface area contributed by atoms with E-state index >= 15 is 0 Å². The van der Waals surface area contributed by atoms with Gasteiger partial charge in [0.05, 0.1) is 11.7 Å². The van der Waals surface area contributed by atoms with Crippen molar-refractivity contribution in [3.05, 3.63) is 66.6 Å². The zero-order chi connectivity index (χ0) is 27.8. The molecule has 5 aromatic rings. The van der Waals surface area contributed by atoms with Gasteiger partial charge in [0.2, 0.25) is 11.9 Å². The van der Waals surface area contributed by atoms with Crippen molar-refractivity contribution in [2.24, 2.45) is 7.05 Å². The summed E-state index contributed by atoms with van der Waals surface area (Å²) in [7, 11) is 1.86. The molecule has 1 saturated heterocycles. The van der Waals surface area contributed by atoms with Crippen molar-refractivity contribution in [3.63, 3.8) is 0 Å². The highest BCUT2D eigenvalue weighted by Gasteiger charge is 2.23. The number of ether oxygens (including phenoxy) is 1. The molecule has 0 bridgehead atoms. The minimum Gasteiger partial charge on any atom is -0.457 e. The molecule has 1 amide bonds. The molecule has 12 heteroatoms. The number of amides is 1. The quantitative estimate of drug-likeness (QED) is 0.320. The van der Waals surface area contributed by atoms with Gasteiger partial charge < -0.3 is 19.9 Å². The van der Waals surface area contributed by atoms with Crippen LogP contribution in [0.2, 0.25) is 0 Å². The van der Waals surface area contributed by atoms with E-state index in [1.807, 2.05) is 50.4 Å². The number of carbonyl (C=O) groups is 1. The second-order valence-electron chi connectivity index (χ2n) is 9.76. The Morgan fingerprint density at radius 1 is 1.02 bits per heavy atom. The SMILES string of the molecule is C=C(C)C(=O)N1CCN(c2ncc3ncnc(Nc4ccc(Oc5ccc6c(c5)nnn6C)c(C)c4)c3n2)CC1. The van der Waals surface area contributed by atoms with Gasteiger partial charge in [0.1, 0.15) is 34.4 Å². The average molecular weight is 537 g/mol. The summed E-state index contributed by atoms with van der Waals surface area (Å²) in [6.45, 7) is 9.92. The second-order valence-corrected chi connectivity index (χ2v) is 9.76. The van der Waals surface area contributed by atoms with E-state index in [2.05, 4.69) is 42.1 Å². The Bertz CT molecular complexity index is 1760. The Hall–Kier alpha value is -5.13. The normalized spacial score (nSPS) is 13.6. The molecule has 6 rings (SSSR count). The number of hydrogen-bond donors (Lipinski definition) is 1. The van der Waals surface area contributed by atoms with E-state index in [-0.39, 0.29) is 5.91 Å². The third kappa shape index (κ3) is 4.86. The molecule has 1 aliphatic heterocycles. The molecule has 2 aromatic carbocycles. The third-order valence-electron chi connectivity index (χ3n) is 6.83. The van der Waals surface area contributed by atoms with Crippen LogP contribution in [-0.2, 0) is 11.8 Å². The molecule has 0 atom stereocenters. The number of benzene rings is 2. The molecular weight excluding hydrogens is 508 g/mol. The van der Waals surface area contributed by atoms with Gasteiger partial charge in [0.15, 0.2) is 5.82 Å². The minimum atomic E-state index is -0.0164. The van der Waals surface area contributed by atoms with E-state index in [0.717, 1.165) is 28.0 Å². The first kappa shape index (κ1) is 25.2. The standard InChI is InChI=1S/C28H28N10O2/c1-17(2)27(39)37-9-11-38(12-10-37)28-29-15-22-25(33-28)26(31-16-30-22)32-19-5-8-24(18(3)13-19)40-20-6-7-23-21(14-20)34-35-36(23)4/h5-8,13-16H,1,9-12H2,2-4H3,(H,30,31,32). The van der Waals surface area contributed by atoms with Crippen LogP contribution in [0.4, 0.5) is 17.5 Å². The fourth-order valence-corrected chi connectivity index (χ4v) is 4.66. The largest absolute Gasteiger partial charge is 0.457 e. The Morgan fingerprint density at radius 3 is 2.62 bits per heavy atom. The van der Waals surface area contributed by atoms with E-state index in [1.165, 1.54) is 6.33 Å². The smallest absolute Gasteiger partial charge is 0.249 e. The van der Waals surface area contributed by atoms with Gasteiger partial charge in [0, 0.05) is 50.6 Å². The number of aromatic nitrogens is 7. The maximum atomic E-state index is 12.3. The molecule has 12 nitrogen and oxygen atoms in total. The van der Waals surface area contributed by atoms with Crippen LogP contribution < -0.4 is 15.0 Å². The molecule has 1 fully saturated rings. The Balaban J connectivity index is 1.20. The predicted molar refractivity (Wildman–Crippen MR) is 152 cm³/mol. The second kappa shape index (κ2) is 10.2. The summed E-state index contributed by atoms with van der Waals surface area (Å²) in [6.07, 6.45) is 3.19. The zero-order valence-electron chi connectivity index (χ0n) is 22.5. The molecule has 0 saturated carbocycles. The fourth-order valence-electron chi connectivity index (χ4n) is 4.66. The Labute approximate surface area is 230 Å². The van der Waals surface area contributed by atoms with Gasteiger partial charge in [-0.15, -0.1) is 5.10 Å². The lowest BCUT2D eigenvalue weighted by Gasteiger charge is -2.34. The Morgan fingerprint density at radius 2 is 1.85 bits per heavy atom. The predicted octanol–water partition coefficient (Wildman–Crippen LogP) is 3.77. The molecule has 1 N–H and O–H groups in total. The number of nitrogens with one attached hydrogen (secondary N) is 1. The van der Waals surface area contributed by atoms with Crippen molar-refractivity contribution >= 4 is 45.4 Å². The van der Waals surface area contributed by atoms with Crippen molar-refractivity contribution < 1.29 is 9.53 Å². The number of carbonyl (C=O) groups excluding carboxylic acids is 1. The summed E-state index contributed by atoms with van der Waals surface area (Å²) in [4.78, 5) is 34.2. The number of anilines is 3. The highest BCUT2D eigenvalue weighted by atomic mass is 16.5. The lowest BCUT2D eigenvalue weighted by molar-refractivity contribution is -0.127. The van der Waals surface area contributed by atoms with Gasteiger partial charge in [-0.3, -0.25) is 4.79 Å². The lowest BCUT2D eigenvalue weighted by atomic mass is 10.2. The van der Waals surface area contributed by atoms with E-state index in [1.54, 1.807) is 22.7 Å². The molecule has 0 unspecified atom stereocenters. The molecule has 0 aliphatic carbocycles. The van der Waals surface area contributed by atoms with Crippen LogP contribution in [0.3, 0.4) is 0 Å². The summed E-state index contributed by atoms with van der Waals surface area (Å²) in [5.41, 5.74) is 5.28. The van der Waals surface area contributed by atoms with Crippen LogP contribution in [-0.4, -0.2) is 71.9 Å². The van der Waals surface area contributed by atoms with Crippen LogP contribution in [0, 0.1) is 6.92 Å². The number of rotatable bonds is 6. The summed E-state index contributed by atoms with van der Waals surface area (Å²) < 4.78 is 7.86. The third-order valence-corrected chi connectivity index (χ3v) is 6.83. The van der Waals surface area contributed by atoms with Crippen molar-refractivity contribution in [3.8, 4) is 11.5 Å². The minimum absolute atomic E-state index is 0.0164. The van der Waals surface area contributed by atoms with Gasteiger partial charge >= 0.3 is 0 Å². The van der Waals surface area contributed by atoms with Crippen LogP contribution in [0.1, 0.15) is 12.5 Å². The van der Waals surface area contributed by atoms with Crippen LogP contribution in [0.25, 0.3) is 22.1 Å². The van der Waals surface area contributed by atoms with Crippen molar-refractivity contribution in [2.75, 3.05) is 36.4 Å². The monoisotopic (exact) mass is 536 g/mol. The molecule has 3 aromatic heterocycles. The number of piperazine rings is 1. The summed E-state index contributed by atoms with van der Waals surface area (Å²) >= 11 is 0.